The van der Waals surface area contributed by atoms with Gasteiger partial charge >= 0.3 is 0 Å². The zero-order valence-electron chi connectivity index (χ0n) is 12.3. The summed E-state index contributed by atoms with van der Waals surface area (Å²) in [5, 5.41) is 7.76. The van der Waals surface area contributed by atoms with E-state index >= 15 is 0 Å². The highest BCUT2D eigenvalue weighted by Crippen LogP contribution is 2.30. The SMILES string of the molecule is CCc1nn(C)c(CC(NC)c2cc(F)ccc2Br)c1Br. The van der Waals surface area contributed by atoms with Crippen LogP contribution in [0.5, 0.6) is 0 Å². The highest BCUT2D eigenvalue weighted by molar-refractivity contribution is 9.10. The van der Waals surface area contributed by atoms with Crippen LogP contribution in [0.2, 0.25) is 0 Å². The van der Waals surface area contributed by atoms with Gasteiger partial charge in [-0.3, -0.25) is 4.68 Å². The lowest BCUT2D eigenvalue weighted by Gasteiger charge is -2.18. The van der Waals surface area contributed by atoms with E-state index in [1.807, 2.05) is 18.8 Å². The van der Waals surface area contributed by atoms with Crippen LogP contribution in [-0.2, 0) is 19.9 Å². The van der Waals surface area contributed by atoms with E-state index in [4.69, 9.17) is 0 Å². The normalized spacial score (nSPS) is 12.7. The fourth-order valence-corrected chi connectivity index (χ4v) is 3.69. The van der Waals surface area contributed by atoms with E-state index in [0.29, 0.717) is 0 Å². The Kier molecular flexibility index (Phi) is 5.57. The lowest BCUT2D eigenvalue weighted by atomic mass is 10.0. The molecular formula is C15H18Br2FN3. The molecule has 0 aliphatic carbocycles. The largest absolute Gasteiger partial charge is 0.313 e. The van der Waals surface area contributed by atoms with Crippen molar-refractivity contribution >= 4 is 31.9 Å². The van der Waals surface area contributed by atoms with Gasteiger partial charge in [0.25, 0.3) is 0 Å². The molecule has 0 saturated heterocycles. The molecule has 1 unspecified atom stereocenters. The molecule has 2 rings (SSSR count). The number of rotatable bonds is 5. The van der Waals surface area contributed by atoms with Crippen molar-refractivity contribution in [3.8, 4) is 0 Å². The standard InChI is InChI=1S/C15H18Br2FN3/c1-4-12-15(17)14(21(3)20-12)8-13(19-2)10-7-9(18)5-6-11(10)16/h5-7,13,19H,4,8H2,1-3H3. The van der Waals surface area contributed by atoms with E-state index in [1.165, 1.54) is 6.07 Å². The zero-order valence-corrected chi connectivity index (χ0v) is 15.4. The Morgan fingerprint density at radius 1 is 1.38 bits per heavy atom. The number of hydrogen-bond donors (Lipinski definition) is 1. The van der Waals surface area contributed by atoms with E-state index in [2.05, 4.69) is 49.2 Å². The summed E-state index contributed by atoms with van der Waals surface area (Å²) in [7, 11) is 3.82. The minimum Gasteiger partial charge on any atom is -0.313 e. The molecule has 0 fully saturated rings. The molecule has 6 heteroatoms. The Hall–Kier alpha value is -0.720. The van der Waals surface area contributed by atoms with Crippen LogP contribution in [0.4, 0.5) is 4.39 Å². The van der Waals surface area contributed by atoms with Gasteiger partial charge < -0.3 is 5.32 Å². The van der Waals surface area contributed by atoms with Crippen molar-refractivity contribution in [2.24, 2.45) is 7.05 Å². The van der Waals surface area contributed by atoms with Crippen molar-refractivity contribution in [2.45, 2.75) is 25.8 Å². The predicted octanol–water partition coefficient (Wildman–Crippen LogP) is 4.15. The third-order valence-electron chi connectivity index (χ3n) is 3.58. The third kappa shape index (κ3) is 3.55. The van der Waals surface area contributed by atoms with Gasteiger partial charge in [-0.1, -0.05) is 22.9 Å². The Morgan fingerprint density at radius 2 is 2.10 bits per heavy atom. The van der Waals surface area contributed by atoms with Crippen LogP contribution in [-0.4, -0.2) is 16.8 Å². The van der Waals surface area contributed by atoms with Crippen molar-refractivity contribution in [2.75, 3.05) is 7.05 Å². The van der Waals surface area contributed by atoms with Gasteiger partial charge in [0.05, 0.1) is 15.9 Å². The highest BCUT2D eigenvalue weighted by atomic mass is 79.9. The lowest BCUT2D eigenvalue weighted by Crippen LogP contribution is -2.21. The fourth-order valence-electron chi connectivity index (χ4n) is 2.38. The van der Waals surface area contributed by atoms with Gasteiger partial charge in [-0.15, -0.1) is 0 Å². The van der Waals surface area contributed by atoms with Crippen molar-refractivity contribution in [3.05, 3.63) is 49.9 Å². The van der Waals surface area contributed by atoms with Crippen molar-refractivity contribution in [1.82, 2.24) is 15.1 Å². The van der Waals surface area contributed by atoms with Gasteiger partial charge in [0.2, 0.25) is 0 Å². The Bertz CT molecular complexity index is 640. The summed E-state index contributed by atoms with van der Waals surface area (Å²) in [6.45, 7) is 2.08. The number of aromatic nitrogens is 2. The van der Waals surface area contributed by atoms with E-state index in [9.17, 15) is 4.39 Å². The van der Waals surface area contributed by atoms with Crippen LogP contribution in [0, 0.1) is 5.82 Å². The molecule has 0 bridgehead atoms. The van der Waals surface area contributed by atoms with Crippen LogP contribution in [0.1, 0.15) is 29.9 Å². The second-order valence-corrected chi connectivity index (χ2v) is 6.54. The van der Waals surface area contributed by atoms with Gasteiger partial charge in [-0.05, 0) is 53.2 Å². The molecule has 0 saturated carbocycles. The van der Waals surface area contributed by atoms with E-state index in [1.54, 1.807) is 12.1 Å². The van der Waals surface area contributed by atoms with Gasteiger partial charge in [0.15, 0.2) is 0 Å². The maximum atomic E-state index is 13.5. The molecule has 0 aliphatic heterocycles. The van der Waals surface area contributed by atoms with Gasteiger partial charge in [0.1, 0.15) is 5.82 Å². The number of aryl methyl sites for hydroxylation is 2. The molecule has 0 spiro atoms. The van der Waals surface area contributed by atoms with Crippen LogP contribution in [0.25, 0.3) is 0 Å². The van der Waals surface area contributed by atoms with Crippen molar-refractivity contribution in [1.29, 1.82) is 0 Å². The van der Waals surface area contributed by atoms with Gasteiger partial charge in [0, 0.05) is 24.0 Å². The van der Waals surface area contributed by atoms with Gasteiger partial charge in [-0.2, -0.15) is 5.10 Å². The number of likely N-dealkylation sites (N-methyl/N-ethyl adjacent to an activating group) is 1. The monoisotopic (exact) mass is 417 g/mol. The van der Waals surface area contributed by atoms with E-state index in [-0.39, 0.29) is 11.9 Å². The molecule has 114 valence electrons. The average molecular weight is 419 g/mol. The van der Waals surface area contributed by atoms with Gasteiger partial charge in [-0.25, -0.2) is 4.39 Å². The first-order chi connectivity index (χ1) is 9.97. The number of halogens is 3. The van der Waals surface area contributed by atoms with Crippen LogP contribution >= 0.6 is 31.9 Å². The number of nitrogens with one attached hydrogen (secondary N) is 1. The van der Waals surface area contributed by atoms with Crippen LogP contribution < -0.4 is 5.32 Å². The molecule has 0 aliphatic rings. The fraction of sp³-hybridized carbons (Fsp3) is 0.400. The minimum absolute atomic E-state index is 0.00600. The maximum absolute atomic E-state index is 13.5. The molecule has 2 aromatic rings. The Balaban J connectivity index is 2.36. The van der Waals surface area contributed by atoms with Crippen molar-refractivity contribution in [3.63, 3.8) is 0 Å². The summed E-state index contributed by atoms with van der Waals surface area (Å²) in [4.78, 5) is 0. The molecule has 0 radical (unpaired) electrons. The summed E-state index contributed by atoms with van der Waals surface area (Å²) in [5.41, 5.74) is 3.05. The maximum Gasteiger partial charge on any atom is 0.123 e. The second-order valence-electron chi connectivity index (χ2n) is 4.90. The molecule has 1 aromatic carbocycles. The quantitative estimate of drug-likeness (QED) is 0.790. The smallest absolute Gasteiger partial charge is 0.123 e. The number of benzene rings is 1. The average Bonchev–Trinajstić information content (AvgIpc) is 2.74. The Labute approximate surface area is 141 Å². The highest BCUT2D eigenvalue weighted by Gasteiger charge is 2.20. The molecule has 0 amide bonds. The van der Waals surface area contributed by atoms with Crippen LogP contribution in [0.15, 0.2) is 27.1 Å². The van der Waals surface area contributed by atoms with Crippen LogP contribution in [0.3, 0.4) is 0 Å². The number of nitrogens with zero attached hydrogens (tertiary/aromatic N) is 2. The predicted molar refractivity (Wildman–Crippen MR) is 89.9 cm³/mol. The molecule has 3 nitrogen and oxygen atoms in total. The summed E-state index contributed by atoms with van der Waals surface area (Å²) < 4.78 is 17.4. The first kappa shape index (κ1) is 16.6. The lowest BCUT2D eigenvalue weighted by molar-refractivity contribution is 0.550. The summed E-state index contributed by atoms with van der Waals surface area (Å²) in [6.07, 6.45) is 1.60. The molecular weight excluding hydrogens is 401 g/mol. The molecule has 1 atom stereocenters. The summed E-state index contributed by atoms with van der Waals surface area (Å²) in [6, 6.07) is 4.77. The second kappa shape index (κ2) is 7.03. The Morgan fingerprint density at radius 3 is 2.67 bits per heavy atom. The van der Waals surface area contributed by atoms with Crippen molar-refractivity contribution < 1.29 is 4.39 Å². The number of hydrogen-bond acceptors (Lipinski definition) is 2. The third-order valence-corrected chi connectivity index (χ3v) is 5.22. The summed E-state index contributed by atoms with van der Waals surface area (Å²) >= 11 is 7.13. The topological polar surface area (TPSA) is 29.9 Å². The van der Waals surface area contributed by atoms with E-state index < -0.39 is 0 Å². The summed E-state index contributed by atoms with van der Waals surface area (Å²) in [5.74, 6) is -0.230. The first-order valence-corrected chi connectivity index (χ1v) is 8.39. The molecule has 1 heterocycles. The van der Waals surface area contributed by atoms with E-state index in [0.717, 1.165) is 38.7 Å². The first-order valence-electron chi connectivity index (χ1n) is 6.80. The molecule has 21 heavy (non-hydrogen) atoms. The minimum atomic E-state index is -0.230. The molecule has 1 N–H and O–H groups in total. The zero-order chi connectivity index (χ0) is 15.6. The molecule has 1 aromatic heterocycles.